The lowest BCUT2D eigenvalue weighted by molar-refractivity contribution is 0.259. The smallest absolute Gasteiger partial charge is 0.132 e. The Morgan fingerprint density at radius 2 is 1.89 bits per heavy atom. The average molecular weight is 389 g/mol. The first kappa shape index (κ1) is 21.4. The zero-order valence-corrected chi connectivity index (χ0v) is 16.7. The third kappa shape index (κ3) is 4.86. The molecule has 3 unspecified atom stereocenters. The van der Waals surface area contributed by atoms with Crippen LogP contribution in [0.3, 0.4) is 0 Å². The quantitative estimate of drug-likeness (QED) is 0.703. The molecule has 2 aromatic heterocycles. The van der Waals surface area contributed by atoms with Crippen LogP contribution in [0.1, 0.15) is 56.5 Å². The van der Waals surface area contributed by atoms with Gasteiger partial charge in [-0.1, -0.05) is 44.2 Å². The summed E-state index contributed by atoms with van der Waals surface area (Å²) in [6.07, 6.45) is 7.20. The number of nitrogens with one attached hydrogen (secondary N) is 2. The van der Waals surface area contributed by atoms with E-state index in [9.17, 15) is 0 Å². The maximum atomic E-state index is 4.83. The van der Waals surface area contributed by atoms with Crippen molar-refractivity contribution >= 4 is 23.4 Å². The maximum absolute atomic E-state index is 4.83. The number of fused-ring (bicyclic) bond motifs is 1. The summed E-state index contributed by atoms with van der Waals surface area (Å²) < 4.78 is 0. The van der Waals surface area contributed by atoms with Crippen molar-refractivity contribution in [2.45, 2.75) is 51.1 Å². The summed E-state index contributed by atoms with van der Waals surface area (Å²) >= 11 is 0. The Hall–Kier alpha value is -1.95. The SMILES string of the molecule is CC(C)CC1CC(c2ncc3[nH]ccc3n2)CC(c2ccccc2)N1.Cl.O. The molecule has 6 heteroatoms. The second kappa shape index (κ2) is 9.31. The van der Waals surface area contributed by atoms with Crippen molar-refractivity contribution in [1.29, 1.82) is 0 Å². The molecule has 1 aromatic carbocycles. The molecule has 0 saturated carbocycles. The molecule has 5 nitrogen and oxygen atoms in total. The van der Waals surface area contributed by atoms with Crippen molar-refractivity contribution in [3.05, 3.63) is 60.2 Å². The lowest BCUT2D eigenvalue weighted by atomic mass is 9.82. The molecule has 1 fully saturated rings. The van der Waals surface area contributed by atoms with Gasteiger partial charge in [0, 0.05) is 24.2 Å². The fourth-order valence-corrected chi connectivity index (χ4v) is 4.06. The van der Waals surface area contributed by atoms with Crippen LogP contribution in [0.2, 0.25) is 0 Å². The Balaban J connectivity index is 0.00000131. The van der Waals surface area contributed by atoms with Crippen LogP contribution < -0.4 is 5.32 Å². The second-order valence-corrected chi connectivity index (χ2v) is 7.63. The molecule has 3 atom stereocenters. The highest BCUT2D eigenvalue weighted by atomic mass is 35.5. The van der Waals surface area contributed by atoms with Crippen molar-refractivity contribution < 1.29 is 5.48 Å². The normalized spacial score (nSPS) is 22.3. The molecule has 0 spiro atoms. The topological polar surface area (TPSA) is 85.1 Å². The fraction of sp³-hybridized carbons (Fsp3) is 0.429. The first-order valence-electron chi connectivity index (χ1n) is 9.30. The summed E-state index contributed by atoms with van der Waals surface area (Å²) in [5.74, 6) is 2.07. The number of H-pyrrole nitrogens is 1. The molecule has 0 radical (unpaired) electrons. The Morgan fingerprint density at radius 3 is 2.63 bits per heavy atom. The van der Waals surface area contributed by atoms with Crippen LogP contribution in [0.5, 0.6) is 0 Å². The molecule has 4 rings (SSSR count). The van der Waals surface area contributed by atoms with E-state index >= 15 is 0 Å². The largest absolute Gasteiger partial charge is 0.412 e. The lowest BCUT2D eigenvalue weighted by Crippen LogP contribution is -2.41. The van der Waals surface area contributed by atoms with Gasteiger partial charge in [-0.15, -0.1) is 12.4 Å². The molecule has 1 aliphatic heterocycles. The molecule has 27 heavy (non-hydrogen) atoms. The van der Waals surface area contributed by atoms with Crippen molar-refractivity contribution in [1.82, 2.24) is 20.3 Å². The zero-order valence-electron chi connectivity index (χ0n) is 15.9. The summed E-state index contributed by atoms with van der Waals surface area (Å²) in [6, 6.07) is 13.7. The molecule has 3 aromatic rings. The van der Waals surface area contributed by atoms with Crippen LogP contribution in [0.4, 0.5) is 0 Å². The number of benzene rings is 1. The number of aromatic nitrogens is 3. The molecule has 0 aliphatic carbocycles. The van der Waals surface area contributed by atoms with Gasteiger partial charge in [0.2, 0.25) is 0 Å². The zero-order chi connectivity index (χ0) is 17.2. The number of hydrogen-bond acceptors (Lipinski definition) is 3. The summed E-state index contributed by atoms with van der Waals surface area (Å²) in [4.78, 5) is 12.7. The van der Waals surface area contributed by atoms with E-state index in [4.69, 9.17) is 4.98 Å². The van der Waals surface area contributed by atoms with E-state index in [0.29, 0.717) is 23.9 Å². The van der Waals surface area contributed by atoms with Crippen LogP contribution >= 0.6 is 12.4 Å². The van der Waals surface area contributed by atoms with Gasteiger partial charge in [-0.05, 0) is 36.8 Å². The minimum Gasteiger partial charge on any atom is -0.412 e. The van der Waals surface area contributed by atoms with Gasteiger partial charge in [0.1, 0.15) is 5.82 Å². The minimum atomic E-state index is 0. The molecule has 146 valence electrons. The van der Waals surface area contributed by atoms with E-state index in [1.807, 2.05) is 18.5 Å². The van der Waals surface area contributed by atoms with E-state index < -0.39 is 0 Å². The highest BCUT2D eigenvalue weighted by Crippen LogP contribution is 2.36. The molecule has 0 amide bonds. The summed E-state index contributed by atoms with van der Waals surface area (Å²) in [5.41, 5.74) is 3.39. The number of piperidine rings is 1. The van der Waals surface area contributed by atoms with Crippen LogP contribution in [0.25, 0.3) is 11.0 Å². The van der Waals surface area contributed by atoms with Crippen molar-refractivity contribution in [3.63, 3.8) is 0 Å². The monoisotopic (exact) mass is 388 g/mol. The van der Waals surface area contributed by atoms with Gasteiger partial charge in [0.25, 0.3) is 0 Å². The average Bonchev–Trinajstić information content (AvgIpc) is 3.09. The maximum Gasteiger partial charge on any atom is 0.132 e. The van der Waals surface area contributed by atoms with Crippen LogP contribution in [-0.2, 0) is 0 Å². The van der Waals surface area contributed by atoms with E-state index in [1.54, 1.807) is 0 Å². The molecule has 1 aliphatic rings. The highest BCUT2D eigenvalue weighted by Gasteiger charge is 2.31. The Kier molecular flexibility index (Phi) is 7.36. The van der Waals surface area contributed by atoms with E-state index in [-0.39, 0.29) is 17.9 Å². The summed E-state index contributed by atoms with van der Waals surface area (Å²) in [5, 5.41) is 3.87. The van der Waals surface area contributed by atoms with Gasteiger partial charge in [0.05, 0.1) is 17.2 Å². The van der Waals surface area contributed by atoms with E-state index in [1.165, 1.54) is 12.0 Å². The third-order valence-corrected chi connectivity index (χ3v) is 5.17. The highest BCUT2D eigenvalue weighted by molar-refractivity contribution is 5.85. The van der Waals surface area contributed by atoms with Gasteiger partial charge in [-0.3, -0.25) is 0 Å². The van der Waals surface area contributed by atoms with Crippen LogP contribution in [0, 0.1) is 5.92 Å². The van der Waals surface area contributed by atoms with Gasteiger partial charge >= 0.3 is 0 Å². The van der Waals surface area contributed by atoms with Gasteiger partial charge in [-0.2, -0.15) is 0 Å². The predicted octanol–water partition coefficient (Wildman–Crippen LogP) is 4.18. The number of nitrogens with zero attached hydrogens (tertiary/aromatic N) is 2. The Morgan fingerprint density at radius 1 is 1.11 bits per heavy atom. The first-order valence-corrected chi connectivity index (χ1v) is 9.30. The van der Waals surface area contributed by atoms with Crippen molar-refractivity contribution in [3.8, 4) is 0 Å². The summed E-state index contributed by atoms with van der Waals surface area (Å²) in [7, 11) is 0. The number of aromatic amines is 1. The van der Waals surface area contributed by atoms with Gasteiger partial charge < -0.3 is 15.8 Å². The molecular formula is C21H29ClN4O. The van der Waals surface area contributed by atoms with Crippen molar-refractivity contribution in [2.24, 2.45) is 5.92 Å². The molecular weight excluding hydrogens is 360 g/mol. The van der Waals surface area contributed by atoms with E-state index in [2.05, 4.69) is 59.5 Å². The molecule has 0 bridgehead atoms. The fourth-order valence-electron chi connectivity index (χ4n) is 4.06. The standard InChI is InChI=1S/C21H26N4.ClH.H2O/c1-14(2)10-17-11-16(12-19(24-17)15-6-4-3-5-7-15)21-23-13-20-18(25-21)8-9-22-20;;/h3-9,13-14,16-17,19,22,24H,10-12H2,1-2H3;1H;1H2. The minimum absolute atomic E-state index is 0. The van der Waals surface area contributed by atoms with Gasteiger partial charge in [0.15, 0.2) is 0 Å². The van der Waals surface area contributed by atoms with Crippen LogP contribution in [0.15, 0.2) is 48.8 Å². The lowest BCUT2D eigenvalue weighted by Gasteiger charge is -2.37. The third-order valence-electron chi connectivity index (χ3n) is 5.17. The molecule has 1 saturated heterocycles. The number of rotatable bonds is 4. The van der Waals surface area contributed by atoms with Crippen molar-refractivity contribution in [2.75, 3.05) is 0 Å². The molecule has 3 heterocycles. The predicted molar refractivity (Wildman–Crippen MR) is 112 cm³/mol. The Labute approximate surface area is 166 Å². The molecule has 4 N–H and O–H groups in total. The first-order chi connectivity index (χ1) is 12.2. The van der Waals surface area contributed by atoms with Gasteiger partial charge in [-0.25, -0.2) is 9.97 Å². The number of hydrogen-bond donors (Lipinski definition) is 2. The Bertz CT molecular complexity index is 836. The van der Waals surface area contributed by atoms with E-state index in [0.717, 1.165) is 29.7 Å². The second-order valence-electron chi connectivity index (χ2n) is 7.63. The number of halogens is 1. The summed E-state index contributed by atoms with van der Waals surface area (Å²) in [6.45, 7) is 4.59. The van der Waals surface area contributed by atoms with Crippen LogP contribution in [-0.4, -0.2) is 26.5 Å².